The third-order valence-electron chi connectivity index (χ3n) is 4.68. The largest absolute Gasteiger partial charge is 0.333 e. The highest BCUT2D eigenvalue weighted by molar-refractivity contribution is 7.14. The van der Waals surface area contributed by atoms with Gasteiger partial charge in [-0.2, -0.15) is 4.98 Å². The average Bonchev–Trinajstić information content (AvgIpc) is 3.47. The van der Waals surface area contributed by atoms with Crippen LogP contribution in [0.15, 0.2) is 83.0 Å². The van der Waals surface area contributed by atoms with Crippen LogP contribution >= 0.6 is 22.9 Å². The molecule has 0 radical (unpaired) electrons. The number of thiophene rings is 1. The summed E-state index contributed by atoms with van der Waals surface area (Å²) >= 11 is 7.59. The second kappa shape index (κ2) is 7.35. The van der Waals surface area contributed by atoms with Gasteiger partial charge < -0.3 is 9.09 Å². The van der Waals surface area contributed by atoms with E-state index in [-0.39, 0.29) is 0 Å². The van der Waals surface area contributed by atoms with Crippen molar-refractivity contribution >= 4 is 22.9 Å². The third kappa shape index (κ3) is 3.39. The predicted molar refractivity (Wildman–Crippen MR) is 118 cm³/mol. The van der Waals surface area contributed by atoms with Crippen LogP contribution in [0.5, 0.6) is 0 Å². The summed E-state index contributed by atoms with van der Waals surface area (Å²) < 4.78 is 7.74. The smallest absolute Gasteiger partial charge is 0.270 e. The first-order valence-electron chi connectivity index (χ1n) is 9.11. The molecular formula is C23H16ClN3OS. The highest BCUT2D eigenvalue weighted by Crippen LogP contribution is 2.41. The fraction of sp³-hybridized carbons (Fsp3) is 0.0435. The molecule has 0 fully saturated rings. The molecule has 3 aromatic heterocycles. The molecule has 0 amide bonds. The minimum atomic E-state index is 0.502. The first-order chi connectivity index (χ1) is 14.2. The van der Waals surface area contributed by atoms with Gasteiger partial charge in [0.05, 0.1) is 5.69 Å². The lowest BCUT2D eigenvalue weighted by Gasteiger charge is -2.08. The van der Waals surface area contributed by atoms with E-state index in [9.17, 15) is 0 Å². The number of benzene rings is 2. The number of halogens is 1. The molecule has 0 aliphatic rings. The van der Waals surface area contributed by atoms with Gasteiger partial charge in [-0.05, 0) is 48.9 Å². The monoisotopic (exact) mass is 417 g/mol. The summed E-state index contributed by atoms with van der Waals surface area (Å²) in [6, 6.07) is 19.9. The Morgan fingerprint density at radius 2 is 1.76 bits per heavy atom. The molecule has 0 aliphatic carbocycles. The standard InChI is InChI=1S/C23H16ClN3OS/c1-15-5-4-6-17(13-15)19-14-29-21(20(19)27-11-2-3-12-27)23-25-22(26-28-23)16-7-9-18(24)10-8-16/h2-14H,1H3. The van der Waals surface area contributed by atoms with Crippen LogP contribution in [0.3, 0.4) is 0 Å². The Bertz CT molecular complexity index is 1270. The summed E-state index contributed by atoms with van der Waals surface area (Å²) in [4.78, 5) is 5.59. The van der Waals surface area contributed by atoms with E-state index in [1.165, 1.54) is 5.56 Å². The Kier molecular flexibility index (Phi) is 4.54. The molecular weight excluding hydrogens is 402 g/mol. The number of hydrogen-bond acceptors (Lipinski definition) is 4. The van der Waals surface area contributed by atoms with Gasteiger partial charge in [-0.3, -0.25) is 0 Å². The zero-order valence-electron chi connectivity index (χ0n) is 15.5. The molecule has 5 rings (SSSR count). The zero-order chi connectivity index (χ0) is 19.8. The average molecular weight is 418 g/mol. The maximum atomic E-state index is 5.98. The Balaban J connectivity index is 1.64. The van der Waals surface area contributed by atoms with Crippen molar-refractivity contribution in [3.63, 3.8) is 0 Å². The molecule has 29 heavy (non-hydrogen) atoms. The molecule has 6 heteroatoms. The zero-order valence-corrected chi connectivity index (χ0v) is 17.1. The number of rotatable bonds is 4. The summed E-state index contributed by atoms with van der Waals surface area (Å²) in [5.41, 5.74) is 5.42. The number of aromatic nitrogens is 3. The highest BCUT2D eigenvalue weighted by atomic mass is 35.5. The molecule has 4 nitrogen and oxygen atoms in total. The molecule has 0 atom stereocenters. The molecule has 3 heterocycles. The van der Waals surface area contributed by atoms with Gasteiger partial charge in [-0.25, -0.2) is 0 Å². The fourth-order valence-corrected chi connectivity index (χ4v) is 4.41. The molecule has 0 spiro atoms. The predicted octanol–water partition coefficient (Wildman–Crippen LogP) is 6.88. The number of nitrogens with zero attached hydrogens (tertiary/aromatic N) is 3. The summed E-state index contributed by atoms with van der Waals surface area (Å²) in [6.07, 6.45) is 4.06. The SMILES string of the molecule is Cc1cccc(-c2csc(-c3nc(-c4ccc(Cl)cc4)no3)c2-n2cccc2)c1. The van der Waals surface area contributed by atoms with E-state index in [2.05, 4.69) is 51.3 Å². The molecule has 0 unspecified atom stereocenters. The second-order valence-electron chi connectivity index (χ2n) is 6.72. The maximum absolute atomic E-state index is 5.98. The minimum Gasteiger partial charge on any atom is -0.333 e. The van der Waals surface area contributed by atoms with E-state index in [4.69, 9.17) is 16.1 Å². The fourth-order valence-electron chi connectivity index (χ4n) is 3.29. The van der Waals surface area contributed by atoms with Gasteiger partial charge >= 0.3 is 0 Å². The van der Waals surface area contributed by atoms with Gasteiger partial charge in [0.15, 0.2) is 0 Å². The van der Waals surface area contributed by atoms with Gasteiger partial charge in [0, 0.05) is 33.9 Å². The van der Waals surface area contributed by atoms with Crippen LogP contribution in [-0.2, 0) is 0 Å². The highest BCUT2D eigenvalue weighted by Gasteiger charge is 2.21. The van der Waals surface area contributed by atoms with Crippen molar-refractivity contribution < 1.29 is 4.52 Å². The van der Waals surface area contributed by atoms with Crippen LogP contribution in [-0.4, -0.2) is 14.7 Å². The minimum absolute atomic E-state index is 0.502. The summed E-state index contributed by atoms with van der Waals surface area (Å²) in [6.45, 7) is 2.10. The first-order valence-corrected chi connectivity index (χ1v) is 10.4. The van der Waals surface area contributed by atoms with Crippen molar-refractivity contribution in [3.05, 3.63) is 89.0 Å². The van der Waals surface area contributed by atoms with Crippen LogP contribution in [0.2, 0.25) is 5.02 Å². The van der Waals surface area contributed by atoms with E-state index in [0.29, 0.717) is 16.7 Å². The van der Waals surface area contributed by atoms with Crippen LogP contribution in [0.25, 0.3) is 39.0 Å². The molecule has 2 aromatic carbocycles. The summed E-state index contributed by atoms with van der Waals surface area (Å²) in [7, 11) is 0. The number of aryl methyl sites for hydroxylation is 1. The lowest BCUT2D eigenvalue weighted by atomic mass is 10.0. The van der Waals surface area contributed by atoms with Crippen molar-refractivity contribution in [2.75, 3.05) is 0 Å². The molecule has 5 aromatic rings. The normalized spacial score (nSPS) is 11.1. The van der Waals surface area contributed by atoms with Crippen LogP contribution in [0, 0.1) is 6.92 Å². The van der Waals surface area contributed by atoms with Crippen molar-refractivity contribution in [2.24, 2.45) is 0 Å². The Hall–Kier alpha value is -3.15. The molecule has 0 bridgehead atoms. The van der Waals surface area contributed by atoms with Crippen LogP contribution in [0.4, 0.5) is 0 Å². The van der Waals surface area contributed by atoms with Gasteiger partial charge in [-0.15, -0.1) is 11.3 Å². The number of hydrogen-bond donors (Lipinski definition) is 0. The first kappa shape index (κ1) is 17.9. The van der Waals surface area contributed by atoms with Gasteiger partial charge in [-0.1, -0.05) is 46.6 Å². The van der Waals surface area contributed by atoms with Crippen molar-refractivity contribution in [1.29, 1.82) is 0 Å². The topological polar surface area (TPSA) is 43.9 Å². The van der Waals surface area contributed by atoms with Crippen LogP contribution in [0.1, 0.15) is 5.56 Å². The van der Waals surface area contributed by atoms with Crippen molar-refractivity contribution in [2.45, 2.75) is 6.92 Å². The molecule has 0 aliphatic heterocycles. The van der Waals surface area contributed by atoms with Gasteiger partial charge in [0.2, 0.25) is 5.82 Å². The molecule has 0 saturated carbocycles. The van der Waals surface area contributed by atoms with E-state index in [1.807, 2.05) is 48.8 Å². The quantitative estimate of drug-likeness (QED) is 0.320. The summed E-state index contributed by atoms with van der Waals surface area (Å²) in [5, 5.41) is 7.00. The lowest BCUT2D eigenvalue weighted by molar-refractivity contribution is 0.433. The van der Waals surface area contributed by atoms with Gasteiger partial charge in [0.1, 0.15) is 4.88 Å². The van der Waals surface area contributed by atoms with E-state index >= 15 is 0 Å². The molecule has 0 N–H and O–H groups in total. The second-order valence-corrected chi connectivity index (χ2v) is 8.03. The third-order valence-corrected chi connectivity index (χ3v) is 5.89. The molecule has 142 valence electrons. The van der Waals surface area contributed by atoms with Crippen molar-refractivity contribution in [3.8, 4) is 39.0 Å². The van der Waals surface area contributed by atoms with Crippen LogP contribution < -0.4 is 0 Å². The lowest BCUT2D eigenvalue weighted by Crippen LogP contribution is -1.93. The maximum Gasteiger partial charge on any atom is 0.270 e. The van der Waals surface area contributed by atoms with E-state index < -0.39 is 0 Å². The van der Waals surface area contributed by atoms with E-state index in [1.54, 1.807) is 11.3 Å². The Morgan fingerprint density at radius 3 is 2.52 bits per heavy atom. The Labute approximate surface area is 177 Å². The molecule has 0 saturated heterocycles. The Morgan fingerprint density at radius 1 is 0.966 bits per heavy atom. The van der Waals surface area contributed by atoms with Gasteiger partial charge in [0.25, 0.3) is 5.89 Å². The van der Waals surface area contributed by atoms with Crippen molar-refractivity contribution in [1.82, 2.24) is 14.7 Å². The van der Waals surface area contributed by atoms with E-state index in [0.717, 1.165) is 27.3 Å². The summed E-state index contributed by atoms with van der Waals surface area (Å²) in [5.74, 6) is 1.04.